The van der Waals surface area contributed by atoms with Crippen molar-refractivity contribution in [2.24, 2.45) is 10.9 Å². The van der Waals surface area contributed by atoms with Crippen LogP contribution in [0.4, 0.5) is 11.4 Å². The van der Waals surface area contributed by atoms with Crippen LogP contribution in [0.2, 0.25) is 0 Å². The SMILES string of the molecule is NC1CC1Nc1ccc(S(N)(=O)=O)cc1[N+](=O)[O-]. The fourth-order valence-corrected chi connectivity index (χ4v) is 2.08. The van der Waals surface area contributed by atoms with Gasteiger partial charge in [0.1, 0.15) is 5.69 Å². The first-order valence-corrected chi connectivity index (χ1v) is 6.67. The number of nitrogens with one attached hydrogen (secondary N) is 1. The number of nitrogens with zero attached hydrogens (tertiary/aromatic N) is 1. The van der Waals surface area contributed by atoms with Gasteiger partial charge in [0, 0.05) is 18.2 Å². The molecular weight excluding hydrogens is 260 g/mol. The fraction of sp³-hybridized carbons (Fsp3) is 0.333. The van der Waals surface area contributed by atoms with Gasteiger partial charge in [0.2, 0.25) is 10.0 Å². The molecule has 0 aromatic heterocycles. The van der Waals surface area contributed by atoms with Crippen LogP contribution in [-0.4, -0.2) is 25.4 Å². The Morgan fingerprint density at radius 1 is 1.44 bits per heavy atom. The van der Waals surface area contributed by atoms with Crippen LogP contribution in [0.3, 0.4) is 0 Å². The first-order chi connectivity index (χ1) is 8.29. The number of benzene rings is 1. The summed E-state index contributed by atoms with van der Waals surface area (Å²) in [4.78, 5) is 9.93. The van der Waals surface area contributed by atoms with Gasteiger partial charge in [-0.25, -0.2) is 13.6 Å². The van der Waals surface area contributed by atoms with Gasteiger partial charge in [0.15, 0.2) is 0 Å². The maximum absolute atomic E-state index is 11.1. The molecule has 0 saturated heterocycles. The summed E-state index contributed by atoms with van der Waals surface area (Å²) in [5, 5.41) is 18.7. The Hall–Kier alpha value is -1.71. The number of primary sulfonamides is 1. The van der Waals surface area contributed by atoms with Gasteiger partial charge >= 0.3 is 0 Å². The zero-order valence-electron chi connectivity index (χ0n) is 9.24. The summed E-state index contributed by atoms with van der Waals surface area (Å²) in [6, 6.07) is 3.44. The molecule has 1 aliphatic carbocycles. The Morgan fingerprint density at radius 3 is 2.50 bits per heavy atom. The molecule has 0 radical (unpaired) electrons. The van der Waals surface area contributed by atoms with E-state index < -0.39 is 14.9 Å². The number of hydrogen-bond donors (Lipinski definition) is 3. The molecule has 2 rings (SSSR count). The van der Waals surface area contributed by atoms with Crippen LogP contribution in [0.5, 0.6) is 0 Å². The van der Waals surface area contributed by atoms with Crippen molar-refractivity contribution in [2.45, 2.75) is 23.4 Å². The van der Waals surface area contributed by atoms with Crippen LogP contribution in [0.25, 0.3) is 0 Å². The monoisotopic (exact) mass is 272 g/mol. The highest BCUT2D eigenvalue weighted by molar-refractivity contribution is 7.89. The van der Waals surface area contributed by atoms with E-state index in [4.69, 9.17) is 10.9 Å². The summed E-state index contributed by atoms with van der Waals surface area (Å²) < 4.78 is 22.2. The number of nitro groups is 1. The summed E-state index contributed by atoms with van der Waals surface area (Å²) in [5.41, 5.74) is 5.50. The number of anilines is 1. The lowest BCUT2D eigenvalue weighted by molar-refractivity contribution is -0.384. The lowest BCUT2D eigenvalue weighted by Gasteiger charge is -2.07. The first kappa shape index (κ1) is 12.7. The van der Waals surface area contributed by atoms with Gasteiger partial charge in [-0.2, -0.15) is 0 Å². The van der Waals surface area contributed by atoms with Crippen LogP contribution in [0.15, 0.2) is 23.1 Å². The van der Waals surface area contributed by atoms with Crippen molar-refractivity contribution in [3.63, 3.8) is 0 Å². The molecule has 1 saturated carbocycles. The molecule has 5 N–H and O–H groups in total. The van der Waals surface area contributed by atoms with E-state index in [9.17, 15) is 18.5 Å². The predicted octanol–water partition coefficient (Wildman–Crippen LogP) is -0.246. The zero-order chi connectivity index (χ0) is 13.5. The molecule has 0 aliphatic heterocycles. The van der Waals surface area contributed by atoms with Gasteiger partial charge < -0.3 is 11.1 Å². The number of nitrogens with two attached hydrogens (primary N) is 2. The van der Waals surface area contributed by atoms with Gasteiger partial charge in [0.25, 0.3) is 5.69 Å². The maximum atomic E-state index is 11.1. The molecule has 1 aliphatic rings. The van der Waals surface area contributed by atoms with Crippen molar-refractivity contribution in [3.05, 3.63) is 28.3 Å². The third-order valence-corrected chi connectivity index (χ3v) is 3.59. The molecule has 2 unspecified atom stereocenters. The average Bonchev–Trinajstić information content (AvgIpc) is 2.92. The third kappa shape index (κ3) is 2.58. The second kappa shape index (κ2) is 4.19. The molecular formula is C9H12N4O4S. The maximum Gasteiger partial charge on any atom is 0.293 e. The van der Waals surface area contributed by atoms with Crippen molar-refractivity contribution in [3.8, 4) is 0 Å². The highest BCUT2D eigenvalue weighted by Crippen LogP contribution is 2.31. The van der Waals surface area contributed by atoms with Crippen LogP contribution in [0.1, 0.15) is 6.42 Å². The van der Waals surface area contributed by atoms with Gasteiger partial charge in [0.05, 0.1) is 9.82 Å². The molecule has 98 valence electrons. The van der Waals surface area contributed by atoms with E-state index in [1.54, 1.807) is 0 Å². The molecule has 2 atom stereocenters. The Balaban J connectivity index is 2.38. The van der Waals surface area contributed by atoms with Crippen LogP contribution in [-0.2, 0) is 10.0 Å². The van der Waals surface area contributed by atoms with Crippen molar-refractivity contribution in [1.82, 2.24) is 0 Å². The summed E-state index contributed by atoms with van der Waals surface area (Å²) in [7, 11) is -3.96. The Kier molecular flexibility index (Phi) is 2.97. The van der Waals surface area contributed by atoms with E-state index in [-0.39, 0.29) is 28.4 Å². The van der Waals surface area contributed by atoms with Crippen molar-refractivity contribution in [2.75, 3.05) is 5.32 Å². The average molecular weight is 272 g/mol. The van der Waals surface area contributed by atoms with Crippen LogP contribution < -0.4 is 16.2 Å². The number of sulfonamides is 1. The van der Waals surface area contributed by atoms with Crippen molar-refractivity contribution >= 4 is 21.4 Å². The molecule has 0 spiro atoms. The van der Waals surface area contributed by atoms with Gasteiger partial charge in [-0.1, -0.05) is 0 Å². The zero-order valence-corrected chi connectivity index (χ0v) is 10.1. The minimum absolute atomic E-state index is 0.0102. The standard InChI is InChI=1S/C9H12N4O4S/c10-6-4-8(6)12-7-2-1-5(18(11,16)17)3-9(7)13(14)15/h1-3,6,8,12H,4,10H2,(H2,11,16,17). The third-order valence-electron chi connectivity index (χ3n) is 2.68. The number of hydrogen-bond acceptors (Lipinski definition) is 6. The fourth-order valence-electron chi connectivity index (χ4n) is 1.54. The first-order valence-electron chi connectivity index (χ1n) is 5.12. The molecule has 8 nitrogen and oxygen atoms in total. The second-order valence-corrected chi connectivity index (χ2v) is 5.69. The highest BCUT2D eigenvalue weighted by atomic mass is 32.2. The predicted molar refractivity (Wildman–Crippen MR) is 64.5 cm³/mol. The Morgan fingerprint density at radius 2 is 2.06 bits per heavy atom. The molecule has 0 heterocycles. The van der Waals surface area contributed by atoms with E-state index >= 15 is 0 Å². The summed E-state index contributed by atoms with van der Waals surface area (Å²) in [5.74, 6) is 0. The lowest BCUT2D eigenvalue weighted by Crippen LogP contribution is -2.15. The number of nitro benzene ring substituents is 1. The molecule has 9 heteroatoms. The highest BCUT2D eigenvalue weighted by Gasteiger charge is 2.35. The topological polar surface area (TPSA) is 141 Å². The Labute approximate surface area is 103 Å². The van der Waals surface area contributed by atoms with E-state index in [2.05, 4.69) is 5.32 Å². The molecule has 1 fully saturated rings. The lowest BCUT2D eigenvalue weighted by atomic mass is 10.2. The van der Waals surface area contributed by atoms with Crippen molar-refractivity contribution in [1.29, 1.82) is 0 Å². The Bertz CT molecular complexity index is 601. The normalized spacial score (nSPS) is 22.6. The molecule has 0 bridgehead atoms. The molecule has 18 heavy (non-hydrogen) atoms. The van der Waals surface area contributed by atoms with E-state index in [0.717, 1.165) is 12.5 Å². The largest absolute Gasteiger partial charge is 0.375 e. The minimum Gasteiger partial charge on any atom is -0.375 e. The van der Waals surface area contributed by atoms with E-state index in [1.807, 2.05) is 0 Å². The van der Waals surface area contributed by atoms with Gasteiger partial charge in [-0.05, 0) is 18.6 Å². The van der Waals surface area contributed by atoms with Crippen molar-refractivity contribution < 1.29 is 13.3 Å². The van der Waals surface area contributed by atoms with Gasteiger partial charge in [-0.15, -0.1) is 0 Å². The van der Waals surface area contributed by atoms with E-state index in [1.165, 1.54) is 12.1 Å². The smallest absolute Gasteiger partial charge is 0.293 e. The summed E-state index contributed by atoms with van der Waals surface area (Å²) in [6.45, 7) is 0. The van der Waals surface area contributed by atoms with E-state index in [0.29, 0.717) is 0 Å². The van der Waals surface area contributed by atoms with Crippen LogP contribution in [0, 0.1) is 10.1 Å². The molecule has 0 amide bonds. The molecule has 1 aromatic rings. The van der Waals surface area contributed by atoms with Crippen LogP contribution >= 0.6 is 0 Å². The molecule has 1 aromatic carbocycles. The quantitative estimate of drug-likeness (QED) is 0.510. The minimum atomic E-state index is -3.96. The number of rotatable bonds is 4. The van der Waals surface area contributed by atoms with Gasteiger partial charge in [-0.3, -0.25) is 10.1 Å². The summed E-state index contributed by atoms with van der Waals surface area (Å²) >= 11 is 0. The summed E-state index contributed by atoms with van der Waals surface area (Å²) in [6.07, 6.45) is 0.730. The second-order valence-electron chi connectivity index (χ2n) is 4.13.